The number of nitrogens with zero attached hydrogens (tertiary/aromatic N) is 2. The summed E-state index contributed by atoms with van der Waals surface area (Å²) in [6, 6.07) is 0. The molecule has 0 rings (SSSR count). The predicted octanol–water partition coefficient (Wildman–Crippen LogP) is 14.4. The number of ether oxygens (including phenoxy) is 2. The number of aliphatic hydroxyl groups excluding tert-OH is 2. The Morgan fingerprint density at radius 2 is 0.671 bits per heavy atom. The summed E-state index contributed by atoms with van der Waals surface area (Å²) >= 11 is 0. The fraction of sp³-hybridized carbons (Fsp3) is 0.935. The van der Waals surface area contributed by atoms with Crippen LogP contribution in [0.4, 0.5) is 0 Å². The average molecular weight is 1120 g/mol. The van der Waals surface area contributed by atoms with Gasteiger partial charge in [-0.25, -0.2) is 0 Å². The van der Waals surface area contributed by atoms with Crippen molar-refractivity contribution in [2.24, 2.45) is 11.8 Å². The molecule has 0 heterocycles. The van der Waals surface area contributed by atoms with Gasteiger partial charge in [0.15, 0.2) is 0 Å². The standard InChI is InChI=1S/C62H122N4O8S2/c1-5-9-13-17-19-27-39-57(37-25-15-11-7-3)61(71)73-53-35-23-21-29-45-65(47-31-33-51-67)49-41-59(69)63-43-55-75-76-56-44-64-60(70)42-50-66(48-32-34-52-68)46-30-22-24-36-54-74-62(72)58(38-26-16-12-8-4)40-28-20-18-14-10-6-2/h57-58,67-68H,5-56H2,1-4H3,(H,63,69)(H,64,70). The van der Waals surface area contributed by atoms with Crippen LogP contribution in [0.15, 0.2) is 0 Å². The zero-order valence-electron chi connectivity index (χ0n) is 50.0. The molecular weight excluding hydrogens is 993 g/mol. The van der Waals surface area contributed by atoms with Gasteiger partial charge in [-0.2, -0.15) is 0 Å². The van der Waals surface area contributed by atoms with E-state index in [2.05, 4.69) is 48.1 Å². The lowest BCUT2D eigenvalue weighted by molar-refractivity contribution is -0.150. The van der Waals surface area contributed by atoms with Crippen LogP contribution in [0.3, 0.4) is 0 Å². The minimum atomic E-state index is 0.0135. The Morgan fingerprint density at radius 1 is 0.382 bits per heavy atom. The maximum absolute atomic E-state index is 13.0. The zero-order chi connectivity index (χ0) is 55.6. The Hall–Kier alpha value is -1.58. The van der Waals surface area contributed by atoms with Crippen LogP contribution in [0.25, 0.3) is 0 Å². The molecule has 0 aliphatic rings. The third-order valence-electron chi connectivity index (χ3n) is 14.7. The molecule has 0 aliphatic heterocycles. The lowest BCUT2D eigenvalue weighted by Gasteiger charge is -2.22. The Labute approximate surface area is 476 Å². The number of aliphatic hydroxyl groups is 2. The van der Waals surface area contributed by atoms with Gasteiger partial charge in [0.2, 0.25) is 11.8 Å². The van der Waals surface area contributed by atoms with E-state index in [1.807, 2.05) is 0 Å². The molecule has 76 heavy (non-hydrogen) atoms. The number of rotatable bonds is 61. The van der Waals surface area contributed by atoms with Gasteiger partial charge in [0.25, 0.3) is 0 Å². The smallest absolute Gasteiger partial charge is 0.308 e. The number of unbranched alkanes of at least 4 members (excludes halogenated alkanes) is 24. The maximum atomic E-state index is 13.0. The highest BCUT2D eigenvalue weighted by Crippen LogP contribution is 2.23. The van der Waals surface area contributed by atoms with Gasteiger partial charge in [-0.3, -0.25) is 19.2 Å². The van der Waals surface area contributed by atoms with Crippen LogP contribution < -0.4 is 10.6 Å². The normalized spacial score (nSPS) is 12.4. The number of carbonyl (C=O) groups excluding carboxylic acids is 4. The Morgan fingerprint density at radius 3 is 1.01 bits per heavy atom. The Balaban J connectivity index is 4.36. The second-order valence-electron chi connectivity index (χ2n) is 21.8. The monoisotopic (exact) mass is 1110 g/mol. The van der Waals surface area contributed by atoms with Crippen molar-refractivity contribution in [2.45, 2.75) is 272 Å². The van der Waals surface area contributed by atoms with Crippen LogP contribution in [0, 0.1) is 11.8 Å². The predicted molar refractivity (Wildman–Crippen MR) is 325 cm³/mol. The number of amides is 2. The summed E-state index contributed by atoms with van der Waals surface area (Å²) < 4.78 is 11.6. The van der Waals surface area contributed by atoms with Gasteiger partial charge in [0.05, 0.1) is 25.0 Å². The zero-order valence-corrected chi connectivity index (χ0v) is 51.6. The van der Waals surface area contributed by atoms with Crippen molar-refractivity contribution in [1.29, 1.82) is 0 Å². The largest absolute Gasteiger partial charge is 0.465 e. The van der Waals surface area contributed by atoms with Gasteiger partial charge >= 0.3 is 11.9 Å². The molecule has 4 N–H and O–H groups in total. The number of esters is 2. The molecule has 0 saturated heterocycles. The van der Waals surface area contributed by atoms with Crippen molar-refractivity contribution >= 4 is 45.3 Å². The van der Waals surface area contributed by atoms with Crippen molar-refractivity contribution in [3.63, 3.8) is 0 Å². The molecule has 0 radical (unpaired) electrons. The minimum Gasteiger partial charge on any atom is -0.465 e. The fourth-order valence-electron chi connectivity index (χ4n) is 9.74. The number of carbonyl (C=O) groups is 4. The third kappa shape index (κ3) is 50.6. The summed E-state index contributed by atoms with van der Waals surface area (Å²) in [5.74, 6) is 1.84. The minimum absolute atomic E-state index is 0.0135. The van der Waals surface area contributed by atoms with Crippen molar-refractivity contribution in [3.8, 4) is 0 Å². The SMILES string of the molecule is CCCCCCCCC(CCCCCC)C(=O)OCCCCCCN(CCCCO)CCC(=O)NCCSSCCNC(=O)CCN(CCCCO)CCCCCCOC(=O)C(CCCCCC)CCCCCCCC. The van der Waals surface area contributed by atoms with E-state index in [9.17, 15) is 29.4 Å². The van der Waals surface area contributed by atoms with Crippen LogP contribution in [0.5, 0.6) is 0 Å². The summed E-state index contributed by atoms with van der Waals surface area (Å²) in [5.41, 5.74) is 0. The topological polar surface area (TPSA) is 158 Å². The molecule has 12 nitrogen and oxygen atoms in total. The van der Waals surface area contributed by atoms with E-state index in [0.29, 0.717) is 52.2 Å². The van der Waals surface area contributed by atoms with Crippen molar-refractivity contribution in [2.75, 3.05) is 90.3 Å². The van der Waals surface area contributed by atoms with Crippen LogP contribution in [-0.4, -0.2) is 134 Å². The summed E-state index contributed by atoms with van der Waals surface area (Å²) in [6.45, 7) is 16.5. The molecule has 0 saturated carbocycles. The molecule has 0 aromatic rings. The first-order valence-electron chi connectivity index (χ1n) is 32.0. The van der Waals surface area contributed by atoms with Gasteiger partial charge in [0, 0.05) is 63.7 Å². The lowest BCUT2D eigenvalue weighted by Crippen LogP contribution is -2.33. The number of hydrogen-bond donors (Lipinski definition) is 4. The summed E-state index contributed by atoms with van der Waals surface area (Å²) in [5, 5.41) is 24.8. The molecule has 2 atom stereocenters. The quantitative estimate of drug-likeness (QED) is 0.0260. The van der Waals surface area contributed by atoms with Crippen LogP contribution in [0.2, 0.25) is 0 Å². The second-order valence-corrected chi connectivity index (χ2v) is 24.5. The first-order chi connectivity index (χ1) is 37.3. The number of hydrogen-bond acceptors (Lipinski definition) is 12. The fourth-order valence-corrected chi connectivity index (χ4v) is 11.6. The van der Waals surface area contributed by atoms with E-state index in [1.54, 1.807) is 21.6 Å². The molecule has 0 spiro atoms. The van der Waals surface area contributed by atoms with Gasteiger partial charge in [-0.15, -0.1) is 0 Å². The van der Waals surface area contributed by atoms with Crippen molar-refractivity contribution in [1.82, 2.24) is 20.4 Å². The molecular formula is C62H122N4O8S2. The Bertz CT molecular complexity index is 1190. The summed E-state index contributed by atoms with van der Waals surface area (Å²) in [6.07, 6.45) is 40.5. The van der Waals surface area contributed by atoms with Crippen LogP contribution in [0.1, 0.15) is 272 Å². The first-order valence-corrected chi connectivity index (χ1v) is 34.5. The Kier molecular flexibility index (Phi) is 58.3. The van der Waals surface area contributed by atoms with E-state index >= 15 is 0 Å². The third-order valence-corrected chi connectivity index (χ3v) is 17.1. The second kappa shape index (κ2) is 59.5. The van der Waals surface area contributed by atoms with Crippen LogP contribution >= 0.6 is 21.6 Å². The first kappa shape index (κ1) is 74.4. The van der Waals surface area contributed by atoms with Gasteiger partial charge < -0.3 is 40.1 Å². The van der Waals surface area contributed by atoms with Gasteiger partial charge in [-0.1, -0.05) is 203 Å². The number of nitrogens with one attached hydrogen (secondary N) is 2. The van der Waals surface area contributed by atoms with Gasteiger partial charge in [-0.05, 0) is 103 Å². The molecule has 2 unspecified atom stereocenters. The highest BCUT2D eigenvalue weighted by Gasteiger charge is 2.21. The molecule has 450 valence electrons. The molecule has 0 fully saturated rings. The van der Waals surface area contributed by atoms with E-state index in [-0.39, 0.29) is 48.8 Å². The van der Waals surface area contributed by atoms with Crippen molar-refractivity contribution in [3.05, 3.63) is 0 Å². The average Bonchev–Trinajstić information content (AvgIpc) is 3.42. The molecule has 2 amide bonds. The highest BCUT2D eigenvalue weighted by atomic mass is 33.1. The lowest BCUT2D eigenvalue weighted by atomic mass is 9.94. The van der Waals surface area contributed by atoms with Crippen LogP contribution in [-0.2, 0) is 28.7 Å². The molecule has 0 aromatic carbocycles. The van der Waals surface area contributed by atoms with E-state index in [0.717, 1.165) is 166 Å². The molecule has 0 aliphatic carbocycles. The summed E-state index contributed by atoms with van der Waals surface area (Å²) in [4.78, 5) is 56.2. The van der Waals surface area contributed by atoms with E-state index in [4.69, 9.17) is 9.47 Å². The summed E-state index contributed by atoms with van der Waals surface area (Å²) in [7, 11) is 3.42. The van der Waals surface area contributed by atoms with E-state index in [1.165, 1.54) is 103 Å². The van der Waals surface area contributed by atoms with E-state index < -0.39 is 0 Å². The van der Waals surface area contributed by atoms with Crippen molar-refractivity contribution < 1.29 is 38.9 Å². The molecule has 0 bridgehead atoms. The molecule has 0 aromatic heterocycles. The highest BCUT2D eigenvalue weighted by molar-refractivity contribution is 8.76. The molecule has 14 heteroatoms. The maximum Gasteiger partial charge on any atom is 0.308 e. The van der Waals surface area contributed by atoms with Gasteiger partial charge in [0.1, 0.15) is 0 Å².